The van der Waals surface area contributed by atoms with Gasteiger partial charge in [0.05, 0.1) is 6.61 Å². The molecule has 0 aliphatic heterocycles. The third kappa shape index (κ3) is 4.91. The molecule has 0 radical (unpaired) electrons. The van der Waals surface area contributed by atoms with E-state index in [1.165, 1.54) is 0 Å². The zero-order valence-electron chi connectivity index (χ0n) is 11.6. The summed E-state index contributed by atoms with van der Waals surface area (Å²) in [5, 5.41) is 14.4. The van der Waals surface area contributed by atoms with Crippen LogP contribution in [0.1, 0.15) is 33.6 Å². The van der Waals surface area contributed by atoms with Crippen molar-refractivity contribution in [3.05, 3.63) is 0 Å². The Kier molecular flexibility index (Phi) is 7.35. The van der Waals surface area contributed by atoms with Crippen molar-refractivity contribution in [3.63, 3.8) is 0 Å². The molecule has 0 fully saturated rings. The van der Waals surface area contributed by atoms with Gasteiger partial charge in [-0.2, -0.15) is 0 Å². The highest BCUT2D eigenvalue weighted by Crippen LogP contribution is 2.15. The Hall–Kier alpha value is -1.30. The van der Waals surface area contributed by atoms with E-state index in [9.17, 15) is 14.7 Å². The zero-order chi connectivity index (χ0) is 14.2. The van der Waals surface area contributed by atoms with Crippen LogP contribution in [0.2, 0.25) is 0 Å². The Balaban J connectivity index is 4.32. The minimum Gasteiger partial charge on any atom is -0.480 e. The Morgan fingerprint density at radius 1 is 1.33 bits per heavy atom. The average molecular weight is 260 g/mol. The van der Waals surface area contributed by atoms with Crippen LogP contribution in [-0.2, 0) is 9.53 Å². The maximum atomic E-state index is 11.7. The number of urea groups is 1. The van der Waals surface area contributed by atoms with Gasteiger partial charge in [-0.1, -0.05) is 20.8 Å². The topological polar surface area (TPSA) is 87.7 Å². The molecule has 0 bridgehead atoms. The summed E-state index contributed by atoms with van der Waals surface area (Å²) in [6, 6.07) is -0.455. The molecular weight excluding hydrogens is 236 g/mol. The number of carbonyl (C=O) groups is 2. The molecule has 0 aliphatic carbocycles. The molecule has 1 unspecified atom stereocenters. The summed E-state index contributed by atoms with van der Waals surface area (Å²) in [6.07, 6.45) is 0.694. The number of hydrogen-bond acceptors (Lipinski definition) is 3. The highest BCUT2D eigenvalue weighted by Gasteiger charge is 2.36. The molecule has 6 nitrogen and oxygen atoms in total. The molecule has 0 saturated carbocycles. The number of nitrogens with one attached hydrogen (secondary N) is 2. The summed E-state index contributed by atoms with van der Waals surface area (Å²) >= 11 is 0. The molecule has 2 amide bonds. The molecule has 1 atom stereocenters. The summed E-state index contributed by atoms with van der Waals surface area (Å²) in [7, 11) is 1.60. The van der Waals surface area contributed by atoms with Gasteiger partial charge in [-0.15, -0.1) is 0 Å². The molecule has 6 heteroatoms. The van der Waals surface area contributed by atoms with E-state index in [1.807, 2.05) is 6.92 Å². The van der Waals surface area contributed by atoms with E-state index in [2.05, 4.69) is 10.6 Å². The largest absolute Gasteiger partial charge is 0.480 e. The van der Waals surface area contributed by atoms with Crippen LogP contribution in [0.25, 0.3) is 0 Å². The van der Waals surface area contributed by atoms with Crippen molar-refractivity contribution in [2.45, 2.75) is 39.2 Å². The fourth-order valence-corrected chi connectivity index (χ4v) is 1.65. The lowest BCUT2D eigenvalue weighted by Gasteiger charge is -2.28. The Morgan fingerprint density at radius 3 is 2.28 bits per heavy atom. The van der Waals surface area contributed by atoms with E-state index in [0.717, 1.165) is 0 Å². The van der Waals surface area contributed by atoms with E-state index in [1.54, 1.807) is 21.0 Å². The van der Waals surface area contributed by atoms with Crippen molar-refractivity contribution in [2.75, 3.05) is 20.3 Å². The van der Waals surface area contributed by atoms with Gasteiger partial charge in [-0.25, -0.2) is 9.59 Å². The molecule has 0 saturated heterocycles. The monoisotopic (exact) mass is 260 g/mol. The molecule has 0 aromatic heterocycles. The van der Waals surface area contributed by atoms with Crippen LogP contribution in [0.4, 0.5) is 4.79 Å². The molecule has 0 rings (SSSR count). The van der Waals surface area contributed by atoms with Crippen molar-refractivity contribution >= 4 is 12.0 Å². The predicted octanol–water partition coefficient (Wildman–Crippen LogP) is 1.21. The molecule has 0 spiro atoms. The molecule has 18 heavy (non-hydrogen) atoms. The number of aliphatic carboxylic acids is 1. The first-order valence-corrected chi connectivity index (χ1v) is 6.20. The summed E-state index contributed by atoms with van der Waals surface area (Å²) in [4.78, 5) is 22.9. The number of carbonyl (C=O) groups excluding carboxylic acids is 1. The number of ether oxygens (including phenoxy) is 1. The maximum absolute atomic E-state index is 11.7. The average Bonchev–Trinajstić information content (AvgIpc) is 2.33. The lowest BCUT2D eigenvalue weighted by Crippen LogP contribution is -2.56. The van der Waals surface area contributed by atoms with Crippen LogP contribution in [-0.4, -0.2) is 42.9 Å². The van der Waals surface area contributed by atoms with Gasteiger partial charge in [-0.05, 0) is 18.8 Å². The molecule has 106 valence electrons. The summed E-state index contributed by atoms with van der Waals surface area (Å²) in [6.45, 7) is 6.42. The lowest BCUT2D eigenvalue weighted by atomic mass is 9.93. The van der Waals surface area contributed by atoms with Crippen LogP contribution < -0.4 is 10.6 Å². The Morgan fingerprint density at radius 2 is 1.89 bits per heavy atom. The van der Waals surface area contributed by atoms with Crippen molar-refractivity contribution in [3.8, 4) is 0 Å². The summed E-state index contributed by atoms with van der Waals surface area (Å²) in [5.41, 5.74) is -1.19. The zero-order valence-corrected chi connectivity index (χ0v) is 11.6. The molecule has 0 aromatic carbocycles. The van der Waals surface area contributed by atoms with Gasteiger partial charge < -0.3 is 20.5 Å². The molecule has 3 N–H and O–H groups in total. The van der Waals surface area contributed by atoms with Gasteiger partial charge in [-0.3, -0.25) is 0 Å². The van der Waals surface area contributed by atoms with Gasteiger partial charge >= 0.3 is 12.0 Å². The molecule has 0 aromatic rings. The number of amides is 2. The number of hydrogen-bond donors (Lipinski definition) is 3. The summed E-state index contributed by atoms with van der Waals surface area (Å²) in [5.74, 6) is -0.823. The van der Waals surface area contributed by atoms with E-state index < -0.39 is 17.5 Å². The SMILES string of the molecule is CCC(CC)(NC(=O)NCC(C)COC)C(=O)O. The lowest BCUT2D eigenvalue weighted by molar-refractivity contribution is -0.144. The van der Waals surface area contributed by atoms with Crippen molar-refractivity contribution in [1.82, 2.24) is 10.6 Å². The first kappa shape index (κ1) is 16.7. The summed E-state index contributed by atoms with van der Waals surface area (Å²) < 4.78 is 4.95. The Labute approximate surface area is 108 Å². The number of carboxylic acids is 1. The smallest absolute Gasteiger partial charge is 0.329 e. The van der Waals surface area contributed by atoms with Gasteiger partial charge in [0, 0.05) is 13.7 Å². The van der Waals surface area contributed by atoms with Crippen LogP contribution in [0, 0.1) is 5.92 Å². The first-order chi connectivity index (χ1) is 8.41. The second-order valence-electron chi connectivity index (χ2n) is 4.49. The quantitative estimate of drug-likeness (QED) is 0.612. The van der Waals surface area contributed by atoms with Gasteiger partial charge in [0.2, 0.25) is 0 Å². The number of methoxy groups -OCH3 is 1. The first-order valence-electron chi connectivity index (χ1n) is 6.20. The van der Waals surface area contributed by atoms with Crippen molar-refractivity contribution in [2.24, 2.45) is 5.92 Å². The highest BCUT2D eigenvalue weighted by atomic mass is 16.5. The number of rotatable bonds is 8. The molecule has 0 heterocycles. The fourth-order valence-electron chi connectivity index (χ4n) is 1.65. The Bertz CT molecular complexity index is 277. The van der Waals surface area contributed by atoms with Crippen LogP contribution in [0.3, 0.4) is 0 Å². The number of carboxylic acid groups (broad SMARTS) is 1. The van der Waals surface area contributed by atoms with E-state index in [-0.39, 0.29) is 5.92 Å². The van der Waals surface area contributed by atoms with Crippen molar-refractivity contribution < 1.29 is 19.4 Å². The van der Waals surface area contributed by atoms with Gasteiger partial charge in [0.15, 0.2) is 0 Å². The second kappa shape index (κ2) is 7.92. The van der Waals surface area contributed by atoms with Gasteiger partial charge in [0.25, 0.3) is 0 Å². The van der Waals surface area contributed by atoms with Crippen LogP contribution in [0.15, 0.2) is 0 Å². The standard InChI is InChI=1S/C12H24N2O4/c1-5-12(6-2,10(15)16)14-11(17)13-7-9(3)8-18-4/h9H,5-8H2,1-4H3,(H,15,16)(H2,13,14,17). The third-order valence-corrected chi connectivity index (χ3v) is 3.03. The minimum absolute atomic E-state index is 0.184. The van der Waals surface area contributed by atoms with E-state index >= 15 is 0 Å². The minimum atomic E-state index is -1.19. The van der Waals surface area contributed by atoms with Gasteiger partial charge in [0.1, 0.15) is 5.54 Å². The highest BCUT2D eigenvalue weighted by molar-refractivity contribution is 5.86. The fraction of sp³-hybridized carbons (Fsp3) is 0.833. The van der Waals surface area contributed by atoms with Crippen LogP contribution >= 0.6 is 0 Å². The van der Waals surface area contributed by atoms with E-state index in [0.29, 0.717) is 26.0 Å². The predicted molar refractivity (Wildman–Crippen MR) is 68.5 cm³/mol. The van der Waals surface area contributed by atoms with Crippen molar-refractivity contribution in [1.29, 1.82) is 0 Å². The van der Waals surface area contributed by atoms with E-state index in [4.69, 9.17) is 4.74 Å². The third-order valence-electron chi connectivity index (χ3n) is 3.03. The molecule has 0 aliphatic rings. The molecular formula is C12H24N2O4. The maximum Gasteiger partial charge on any atom is 0.329 e. The normalized spacial score (nSPS) is 12.9. The van der Waals surface area contributed by atoms with Crippen LogP contribution in [0.5, 0.6) is 0 Å². The second-order valence-corrected chi connectivity index (χ2v) is 4.49.